The highest BCUT2D eigenvalue weighted by Crippen LogP contribution is 2.11. The molecule has 1 N–H and O–H groups in total. The molecule has 0 spiro atoms. The highest BCUT2D eigenvalue weighted by Gasteiger charge is 2.00. The van der Waals surface area contributed by atoms with Gasteiger partial charge in [-0.05, 0) is 22.0 Å². The van der Waals surface area contributed by atoms with Gasteiger partial charge in [0.25, 0.3) is 0 Å². The summed E-state index contributed by atoms with van der Waals surface area (Å²) in [5, 5.41) is 0. The Balaban J connectivity index is 2.48. The number of halogens is 1. The predicted octanol–water partition coefficient (Wildman–Crippen LogP) is 1.63. The molecule has 0 saturated carbocycles. The number of hydrogen-bond donors (Lipinski definition) is 1. The minimum Gasteiger partial charge on any atom is -0.343 e. The van der Waals surface area contributed by atoms with Gasteiger partial charge in [0.1, 0.15) is 5.69 Å². The molecule has 0 saturated heterocycles. The van der Waals surface area contributed by atoms with Crippen molar-refractivity contribution in [3.05, 3.63) is 29.4 Å². The van der Waals surface area contributed by atoms with Crippen molar-refractivity contribution in [1.29, 1.82) is 0 Å². The molecule has 0 aliphatic carbocycles. The van der Waals surface area contributed by atoms with Crippen LogP contribution in [0, 0.1) is 0 Å². The Kier molecular flexibility index (Phi) is 1.87. The second kappa shape index (κ2) is 3.02. The summed E-state index contributed by atoms with van der Waals surface area (Å²) in [7, 11) is 0. The van der Waals surface area contributed by atoms with Crippen LogP contribution in [0.5, 0.6) is 0 Å². The van der Waals surface area contributed by atoms with E-state index in [0.29, 0.717) is 4.73 Å². The van der Waals surface area contributed by atoms with Crippen LogP contribution in [0.1, 0.15) is 0 Å². The normalized spacial score (nSPS) is 10.1. The van der Waals surface area contributed by atoms with Gasteiger partial charge in [0.2, 0.25) is 0 Å². The van der Waals surface area contributed by atoms with Crippen LogP contribution in [0.3, 0.4) is 0 Å². The number of imidazole rings is 1. The summed E-state index contributed by atoms with van der Waals surface area (Å²) >= 11 is 3.18. The topological polar surface area (TPSA) is 54.5 Å². The third-order valence-electron chi connectivity index (χ3n) is 1.37. The van der Waals surface area contributed by atoms with Gasteiger partial charge in [-0.2, -0.15) is 0 Å². The van der Waals surface area contributed by atoms with E-state index >= 15 is 0 Å². The third-order valence-corrected chi connectivity index (χ3v) is 1.75. The van der Waals surface area contributed by atoms with Crippen molar-refractivity contribution in [2.24, 2.45) is 0 Å². The van der Waals surface area contributed by atoms with Crippen LogP contribution in [0.15, 0.2) is 29.4 Å². The number of aromatic amines is 1. The lowest BCUT2D eigenvalue weighted by atomic mass is 10.4. The van der Waals surface area contributed by atoms with E-state index in [9.17, 15) is 0 Å². The zero-order valence-corrected chi connectivity index (χ0v) is 7.62. The first kappa shape index (κ1) is 7.42. The Hall–Kier alpha value is -1.23. The Morgan fingerprint density at radius 1 is 1.25 bits per heavy atom. The Bertz CT molecular complexity index is 371. The quantitative estimate of drug-likeness (QED) is 0.750. The van der Waals surface area contributed by atoms with Gasteiger partial charge in [-0.3, -0.25) is 0 Å². The summed E-state index contributed by atoms with van der Waals surface area (Å²) < 4.78 is 0.566. The van der Waals surface area contributed by atoms with E-state index < -0.39 is 0 Å². The van der Waals surface area contributed by atoms with Crippen LogP contribution < -0.4 is 0 Å². The van der Waals surface area contributed by atoms with E-state index in [4.69, 9.17) is 0 Å². The van der Waals surface area contributed by atoms with Gasteiger partial charge in [-0.15, -0.1) is 0 Å². The largest absolute Gasteiger partial charge is 0.343 e. The number of nitrogens with one attached hydrogen (secondary N) is 1. The maximum atomic E-state index is 4.13. The van der Waals surface area contributed by atoms with E-state index in [1.54, 1.807) is 24.7 Å². The summed E-state index contributed by atoms with van der Waals surface area (Å²) in [6.07, 6.45) is 5.12. The summed E-state index contributed by atoms with van der Waals surface area (Å²) in [5.74, 6) is 0.748. The Morgan fingerprint density at radius 3 is 2.83 bits per heavy atom. The average Bonchev–Trinajstić information content (AvgIpc) is 2.56. The maximum absolute atomic E-state index is 4.13. The first-order valence-electron chi connectivity index (χ1n) is 3.34. The molecule has 4 nitrogen and oxygen atoms in total. The van der Waals surface area contributed by atoms with Crippen molar-refractivity contribution in [2.45, 2.75) is 0 Å². The van der Waals surface area contributed by atoms with Crippen LogP contribution in [-0.4, -0.2) is 19.9 Å². The molecule has 0 amide bonds. The van der Waals surface area contributed by atoms with Gasteiger partial charge < -0.3 is 4.98 Å². The van der Waals surface area contributed by atoms with Gasteiger partial charge >= 0.3 is 0 Å². The van der Waals surface area contributed by atoms with E-state index in [1.807, 2.05) is 0 Å². The Morgan fingerprint density at radius 2 is 2.17 bits per heavy atom. The van der Waals surface area contributed by atoms with Crippen molar-refractivity contribution in [3.8, 4) is 11.5 Å². The molecule has 0 atom stereocenters. The van der Waals surface area contributed by atoms with E-state index in [0.717, 1.165) is 11.5 Å². The number of hydrogen-bond acceptors (Lipinski definition) is 3. The monoisotopic (exact) mass is 224 g/mol. The highest BCUT2D eigenvalue weighted by atomic mass is 79.9. The molecule has 2 aromatic heterocycles. The summed E-state index contributed by atoms with van der Waals surface area (Å²) in [5.41, 5.74) is 0.780. The lowest BCUT2D eigenvalue weighted by Crippen LogP contribution is -1.87. The first-order valence-corrected chi connectivity index (χ1v) is 4.14. The molecule has 0 bridgehead atoms. The fourth-order valence-corrected chi connectivity index (χ4v) is 1.18. The zero-order chi connectivity index (χ0) is 8.39. The fourth-order valence-electron chi connectivity index (χ4n) is 0.872. The van der Waals surface area contributed by atoms with Gasteiger partial charge in [0.05, 0.1) is 0 Å². The minimum absolute atomic E-state index is 0.566. The van der Waals surface area contributed by atoms with Crippen molar-refractivity contribution >= 4 is 15.9 Å². The number of rotatable bonds is 1. The third kappa shape index (κ3) is 1.35. The van der Waals surface area contributed by atoms with Crippen LogP contribution in [0.25, 0.3) is 11.5 Å². The van der Waals surface area contributed by atoms with Crippen LogP contribution in [0.2, 0.25) is 0 Å². The van der Waals surface area contributed by atoms with Crippen molar-refractivity contribution in [3.63, 3.8) is 0 Å². The predicted molar refractivity (Wildman–Crippen MR) is 47.3 cm³/mol. The zero-order valence-electron chi connectivity index (χ0n) is 6.03. The van der Waals surface area contributed by atoms with Gasteiger partial charge in [-0.1, -0.05) is 0 Å². The van der Waals surface area contributed by atoms with E-state index in [1.165, 1.54) is 0 Å². The average molecular weight is 225 g/mol. The summed E-state index contributed by atoms with van der Waals surface area (Å²) in [6.45, 7) is 0. The molecular weight excluding hydrogens is 220 g/mol. The SMILES string of the molecule is Brc1nccc(-c2ncc[nH]2)n1. The lowest BCUT2D eigenvalue weighted by Gasteiger charge is -1.94. The molecule has 0 aliphatic rings. The van der Waals surface area contributed by atoms with Crippen molar-refractivity contribution in [2.75, 3.05) is 0 Å². The summed E-state index contributed by atoms with van der Waals surface area (Å²) in [6, 6.07) is 1.80. The molecule has 0 fully saturated rings. The smallest absolute Gasteiger partial charge is 0.197 e. The van der Waals surface area contributed by atoms with Crippen molar-refractivity contribution in [1.82, 2.24) is 19.9 Å². The molecule has 0 unspecified atom stereocenters. The molecule has 2 rings (SSSR count). The Labute approximate surface area is 77.2 Å². The first-order chi connectivity index (χ1) is 5.86. The maximum Gasteiger partial charge on any atom is 0.197 e. The molecule has 2 aromatic rings. The van der Waals surface area contributed by atoms with Crippen LogP contribution in [0.4, 0.5) is 0 Å². The number of aromatic nitrogens is 4. The summed E-state index contributed by atoms with van der Waals surface area (Å²) in [4.78, 5) is 15.1. The molecule has 60 valence electrons. The number of nitrogens with zero attached hydrogens (tertiary/aromatic N) is 3. The molecule has 2 heterocycles. The van der Waals surface area contributed by atoms with Crippen molar-refractivity contribution < 1.29 is 0 Å². The second-order valence-corrected chi connectivity index (χ2v) is 2.86. The van der Waals surface area contributed by atoms with E-state index in [2.05, 4.69) is 35.9 Å². The molecule has 0 aliphatic heterocycles. The highest BCUT2D eigenvalue weighted by molar-refractivity contribution is 9.10. The molecule has 5 heteroatoms. The number of H-pyrrole nitrogens is 1. The minimum atomic E-state index is 0.566. The van der Waals surface area contributed by atoms with Gasteiger partial charge in [0, 0.05) is 18.6 Å². The van der Waals surface area contributed by atoms with Crippen LogP contribution >= 0.6 is 15.9 Å². The van der Waals surface area contributed by atoms with Gasteiger partial charge in [-0.25, -0.2) is 15.0 Å². The molecular formula is C7H5BrN4. The van der Waals surface area contributed by atoms with Gasteiger partial charge in [0.15, 0.2) is 10.6 Å². The molecule has 0 radical (unpaired) electrons. The van der Waals surface area contributed by atoms with Crippen LogP contribution in [-0.2, 0) is 0 Å². The molecule has 0 aromatic carbocycles. The fraction of sp³-hybridized carbons (Fsp3) is 0. The van der Waals surface area contributed by atoms with E-state index in [-0.39, 0.29) is 0 Å². The molecule has 12 heavy (non-hydrogen) atoms. The second-order valence-electron chi connectivity index (χ2n) is 2.15. The lowest BCUT2D eigenvalue weighted by molar-refractivity contribution is 1.09. The standard InChI is InChI=1S/C7H5BrN4/c8-7-11-2-1-5(12-7)6-9-3-4-10-6/h1-4H,(H,9,10).